The lowest BCUT2D eigenvalue weighted by Crippen LogP contribution is -2.58. The van der Waals surface area contributed by atoms with Crippen LogP contribution >= 0.6 is 0 Å². The number of aliphatic carboxylic acids is 1. The predicted molar refractivity (Wildman–Crippen MR) is 128 cm³/mol. The molecule has 0 spiro atoms. The number of amides is 2. The summed E-state index contributed by atoms with van der Waals surface area (Å²) in [5, 5.41) is 12.6. The number of nitrogens with zero attached hydrogens (tertiary/aromatic N) is 1. The molecule has 2 aromatic carbocycles. The van der Waals surface area contributed by atoms with Gasteiger partial charge in [0.1, 0.15) is 6.61 Å². The second-order valence-electron chi connectivity index (χ2n) is 9.79. The number of ether oxygens (including phenoxy) is 2. The lowest BCUT2D eigenvalue weighted by Gasteiger charge is -2.36. The number of hydrogen-bond acceptors (Lipinski definition) is 5. The number of carboxylic acid groups (broad SMARTS) is 1. The molecule has 0 aromatic heterocycles. The summed E-state index contributed by atoms with van der Waals surface area (Å²) < 4.78 is 10.8. The Morgan fingerprint density at radius 2 is 1.66 bits per heavy atom. The fraction of sp³-hybridized carbons (Fsp3) is 0.444. The van der Waals surface area contributed by atoms with Crippen molar-refractivity contribution in [3.05, 3.63) is 59.7 Å². The standard InChI is InChI=1S/C27H30N2O6/c1-34-17-27(24(31)32)11-6-14-29(27)23(30)26(12-13-26)16-28-25(33)35-15-22-20-9-4-2-7-18(20)19-8-3-5-10-21(19)22/h2-5,7-10,22H,6,11-17H2,1H3,(H,28,33)(H,31,32). The van der Waals surface area contributed by atoms with Crippen LogP contribution in [0.5, 0.6) is 0 Å². The first-order valence-corrected chi connectivity index (χ1v) is 12.1. The van der Waals surface area contributed by atoms with Crippen LogP contribution in [0.3, 0.4) is 0 Å². The molecular formula is C27H30N2O6. The summed E-state index contributed by atoms with van der Waals surface area (Å²) in [6.45, 7) is 0.649. The van der Waals surface area contributed by atoms with Crippen LogP contribution in [0, 0.1) is 5.41 Å². The Morgan fingerprint density at radius 1 is 1.03 bits per heavy atom. The lowest BCUT2D eigenvalue weighted by molar-refractivity contribution is -0.162. The third-order valence-corrected chi connectivity index (χ3v) is 7.74. The fourth-order valence-corrected chi connectivity index (χ4v) is 5.64. The van der Waals surface area contributed by atoms with E-state index in [1.807, 2.05) is 24.3 Å². The van der Waals surface area contributed by atoms with Gasteiger partial charge in [-0.1, -0.05) is 48.5 Å². The molecule has 3 aliphatic rings. The summed E-state index contributed by atoms with van der Waals surface area (Å²) >= 11 is 0. The molecule has 8 nitrogen and oxygen atoms in total. The monoisotopic (exact) mass is 478 g/mol. The second-order valence-corrected chi connectivity index (χ2v) is 9.79. The van der Waals surface area contributed by atoms with Crippen molar-refractivity contribution in [2.24, 2.45) is 5.41 Å². The van der Waals surface area contributed by atoms with E-state index in [4.69, 9.17) is 9.47 Å². The molecular weight excluding hydrogens is 448 g/mol. The van der Waals surface area contributed by atoms with E-state index in [0.717, 1.165) is 22.3 Å². The zero-order valence-electron chi connectivity index (χ0n) is 19.8. The molecule has 2 amide bonds. The number of hydrogen-bond donors (Lipinski definition) is 2. The zero-order valence-corrected chi connectivity index (χ0v) is 19.8. The van der Waals surface area contributed by atoms with Gasteiger partial charge in [0.05, 0.1) is 12.0 Å². The number of carbonyl (C=O) groups is 3. The molecule has 1 saturated carbocycles. The highest BCUT2D eigenvalue weighted by atomic mass is 16.5. The van der Waals surface area contributed by atoms with Gasteiger partial charge in [0.2, 0.25) is 5.91 Å². The van der Waals surface area contributed by atoms with E-state index < -0.39 is 23.0 Å². The Morgan fingerprint density at radius 3 is 2.23 bits per heavy atom. The third-order valence-electron chi connectivity index (χ3n) is 7.74. The molecule has 1 heterocycles. The maximum absolute atomic E-state index is 13.4. The molecule has 1 aliphatic heterocycles. The SMILES string of the molecule is COCC1(C(=O)O)CCCN1C(=O)C1(CNC(=O)OCC2c3ccccc3-c3ccccc32)CC1. The van der Waals surface area contributed by atoms with E-state index in [1.165, 1.54) is 12.0 Å². The molecule has 5 rings (SSSR count). The van der Waals surface area contributed by atoms with E-state index in [0.29, 0.717) is 32.2 Å². The summed E-state index contributed by atoms with van der Waals surface area (Å²) in [5.74, 6) is -1.32. The quantitative estimate of drug-likeness (QED) is 0.603. The molecule has 0 bridgehead atoms. The van der Waals surface area contributed by atoms with Crippen LogP contribution in [0.4, 0.5) is 4.79 Å². The van der Waals surface area contributed by atoms with Crippen molar-refractivity contribution < 1.29 is 29.0 Å². The molecule has 1 saturated heterocycles. The van der Waals surface area contributed by atoms with E-state index in [1.54, 1.807) is 0 Å². The molecule has 184 valence electrons. The second kappa shape index (κ2) is 9.00. The molecule has 35 heavy (non-hydrogen) atoms. The van der Waals surface area contributed by atoms with Crippen LogP contribution in [0.1, 0.15) is 42.7 Å². The summed E-state index contributed by atoms with van der Waals surface area (Å²) in [4.78, 5) is 39.5. The van der Waals surface area contributed by atoms with Crippen molar-refractivity contribution in [3.8, 4) is 11.1 Å². The molecule has 2 fully saturated rings. The Kier molecular flexibility index (Phi) is 6.01. The number of rotatable bonds is 8. The van der Waals surface area contributed by atoms with E-state index in [2.05, 4.69) is 29.6 Å². The first-order valence-electron chi connectivity index (χ1n) is 12.1. The summed E-state index contributed by atoms with van der Waals surface area (Å²) in [6, 6.07) is 16.3. The number of carboxylic acids is 1. The van der Waals surface area contributed by atoms with Gasteiger partial charge in [-0.05, 0) is 47.9 Å². The van der Waals surface area contributed by atoms with Crippen molar-refractivity contribution in [1.82, 2.24) is 10.2 Å². The van der Waals surface area contributed by atoms with Gasteiger partial charge in [0.15, 0.2) is 5.54 Å². The normalized spacial score (nSPS) is 21.8. The van der Waals surface area contributed by atoms with Gasteiger partial charge in [0, 0.05) is 26.1 Å². The Labute approximate surface area is 204 Å². The summed E-state index contributed by atoms with van der Waals surface area (Å²) in [6.07, 6.45) is 1.60. The van der Waals surface area contributed by atoms with E-state index in [9.17, 15) is 19.5 Å². The van der Waals surface area contributed by atoms with Crippen molar-refractivity contribution in [1.29, 1.82) is 0 Å². The van der Waals surface area contributed by atoms with Crippen molar-refractivity contribution >= 4 is 18.0 Å². The largest absolute Gasteiger partial charge is 0.479 e. The van der Waals surface area contributed by atoms with Gasteiger partial charge >= 0.3 is 12.1 Å². The van der Waals surface area contributed by atoms with Crippen LogP contribution in [0.15, 0.2) is 48.5 Å². The van der Waals surface area contributed by atoms with Gasteiger partial charge in [-0.15, -0.1) is 0 Å². The smallest absolute Gasteiger partial charge is 0.407 e. The van der Waals surface area contributed by atoms with Crippen LogP contribution in [0.25, 0.3) is 11.1 Å². The molecule has 0 radical (unpaired) electrons. The molecule has 2 aliphatic carbocycles. The Hall–Kier alpha value is -3.39. The Balaban J connectivity index is 1.21. The maximum atomic E-state index is 13.4. The van der Waals surface area contributed by atoms with Crippen molar-refractivity contribution in [2.75, 3.05) is 33.4 Å². The number of benzene rings is 2. The summed E-state index contributed by atoms with van der Waals surface area (Å²) in [7, 11) is 1.44. The first-order chi connectivity index (χ1) is 16.9. The number of nitrogens with one attached hydrogen (secondary N) is 1. The van der Waals surface area contributed by atoms with Crippen LogP contribution in [0.2, 0.25) is 0 Å². The van der Waals surface area contributed by atoms with E-state index in [-0.39, 0.29) is 31.6 Å². The minimum atomic E-state index is -1.34. The zero-order chi connectivity index (χ0) is 24.6. The molecule has 1 unspecified atom stereocenters. The highest BCUT2D eigenvalue weighted by Crippen LogP contribution is 2.49. The molecule has 1 atom stereocenters. The first kappa shape index (κ1) is 23.4. The minimum absolute atomic E-state index is 0.0421. The van der Waals surface area contributed by atoms with Crippen molar-refractivity contribution in [2.45, 2.75) is 37.1 Å². The molecule has 2 aromatic rings. The van der Waals surface area contributed by atoms with E-state index >= 15 is 0 Å². The summed E-state index contributed by atoms with van der Waals surface area (Å²) in [5.41, 5.74) is 2.46. The Bertz CT molecular complexity index is 1110. The van der Waals surface area contributed by atoms with Crippen LogP contribution < -0.4 is 5.32 Å². The number of alkyl carbamates (subject to hydrolysis) is 1. The lowest BCUT2D eigenvalue weighted by atomic mass is 9.95. The number of carbonyl (C=O) groups excluding carboxylic acids is 2. The minimum Gasteiger partial charge on any atom is -0.479 e. The predicted octanol–water partition coefficient (Wildman–Crippen LogP) is 3.40. The van der Waals surface area contributed by atoms with Gasteiger partial charge in [-0.2, -0.15) is 0 Å². The number of likely N-dealkylation sites (tertiary alicyclic amines) is 1. The molecule has 8 heteroatoms. The number of methoxy groups -OCH3 is 1. The van der Waals surface area contributed by atoms with Crippen LogP contribution in [-0.4, -0.2) is 66.9 Å². The number of fused-ring (bicyclic) bond motifs is 3. The highest BCUT2D eigenvalue weighted by Gasteiger charge is 2.59. The third kappa shape index (κ3) is 3.95. The highest BCUT2D eigenvalue weighted by molar-refractivity contribution is 5.92. The van der Waals surface area contributed by atoms with Crippen molar-refractivity contribution in [3.63, 3.8) is 0 Å². The van der Waals surface area contributed by atoms with Crippen LogP contribution in [-0.2, 0) is 19.1 Å². The average Bonchev–Trinajstić information content (AvgIpc) is 3.43. The maximum Gasteiger partial charge on any atom is 0.407 e. The molecule has 2 N–H and O–H groups in total. The van der Waals surface area contributed by atoms with Gasteiger partial charge in [0.25, 0.3) is 0 Å². The topological polar surface area (TPSA) is 105 Å². The van der Waals surface area contributed by atoms with Gasteiger partial charge < -0.3 is 24.8 Å². The van der Waals surface area contributed by atoms with Gasteiger partial charge in [-0.25, -0.2) is 9.59 Å². The fourth-order valence-electron chi connectivity index (χ4n) is 5.64. The van der Waals surface area contributed by atoms with Gasteiger partial charge in [-0.3, -0.25) is 4.79 Å². The average molecular weight is 479 g/mol.